The summed E-state index contributed by atoms with van der Waals surface area (Å²) in [6, 6.07) is 18.6. The van der Waals surface area contributed by atoms with E-state index in [1.807, 2.05) is 33.5 Å². The number of rotatable bonds is 4. The third-order valence-corrected chi connectivity index (χ3v) is 4.81. The average molecular weight is 354 g/mol. The van der Waals surface area contributed by atoms with Crippen molar-refractivity contribution in [3.63, 3.8) is 0 Å². The van der Waals surface area contributed by atoms with Gasteiger partial charge in [0.25, 0.3) is 0 Å². The first-order chi connectivity index (χ1) is 13.3. The summed E-state index contributed by atoms with van der Waals surface area (Å²) in [6.07, 6.45) is 5.34. The van der Waals surface area contributed by atoms with E-state index in [-0.39, 0.29) is 0 Å². The summed E-state index contributed by atoms with van der Waals surface area (Å²) in [5, 5.41) is 14.2. The van der Waals surface area contributed by atoms with Crippen molar-refractivity contribution in [1.29, 1.82) is 0 Å². The average Bonchev–Trinajstić information content (AvgIpc) is 3.31. The summed E-state index contributed by atoms with van der Waals surface area (Å²) in [5.41, 5.74) is 5.06. The zero-order valence-electron chi connectivity index (χ0n) is 14.9. The smallest absolute Gasteiger partial charge is 0.174 e. The van der Waals surface area contributed by atoms with E-state index in [1.165, 1.54) is 11.1 Å². The maximum atomic E-state index is 4.64. The summed E-state index contributed by atoms with van der Waals surface area (Å²) >= 11 is 0. The first kappa shape index (κ1) is 15.7. The number of nitrogens with zero attached hydrogens (tertiary/aromatic N) is 6. The molecule has 0 spiro atoms. The van der Waals surface area contributed by atoms with Gasteiger partial charge in [0, 0.05) is 6.42 Å². The Kier molecular flexibility index (Phi) is 3.67. The molecule has 6 nitrogen and oxygen atoms in total. The van der Waals surface area contributed by atoms with Crippen LogP contribution >= 0.6 is 0 Å². The molecule has 0 bridgehead atoms. The van der Waals surface area contributed by atoms with E-state index in [0.29, 0.717) is 0 Å². The van der Waals surface area contributed by atoms with Crippen molar-refractivity contribution in [1.82, 2.24) is 29.4 Å². The molecule has 5 rings (SSSR count). The maximum Gasteiger partial charge on any atom is 0.174 e. The van der Waals surface area contributed by atoms with Crippen LogP contribution in [0.15, 0.2) is 67.1 Å². The number of hydrogen-bond donors (Lipinski definition) is 0. The van der Waals surface area contributed by atoms with Crippen LogP contribution in [-0.2, 0) is 12.8 Å². The van der Waals surface area contributed by atoms with Gasteiger partial charge in [0.05, 0.1) is 17.3 Å². The molecule has 0 atom stereocenters. The topological polar surface area (TPSA) is 60.9 Å². The molecule has 132 valence electrons. The predicted octanol–water partition coefficient (Wildman–Crippen LogP) is 3.56. The van der Waals surface area contributed by atoms with E-state index in [9.17, 15) is 0 Å². The molecule has 0 fully saturated rings. The summed E-state index contributed by atoms with van der Waals surface area (Å²) < 4.78 is 3.81. The van der Waals surface area contributed by atoms with Crippen molar-refractivity contribution in [2.45, 2.75) is 19.8 Å². The van der Waals surface area contributed by atoms with Crippen LogP contribution in [0, 0.1) is 6.92 Å². The molecule has 2 aromatic carbocycles. The lowest BCUT2D eigenvalue weighted by molar-refractivity contribution is 0.831. The fourth-order valence-electron chi connectivity index (χ4n) is 3.31. The number of aryl methyl sites for hydroxylation is 3. The Labute approximate surface area is 156 Å². The van der Waals surface area contributed by atoms with Crippen molar-refractivity contribution in [2.24, 2.45) is 0 Å². The second kappa shape index (κ2) is 6.32. The van der Waals surface area contributed by atoms with Crippen molar-refractivity contribution in [2.75, 3.05) is 0 Å². The van der Waals surface area contributed by atoms with E-state index in [0.717, 1.165) is 41.0 Å². The van der Waals surface area contributed by atoms with Crippen LogP contribution in [0.25, 0.3) is 22.4 Å². The van der Waals surface area contributed by atoms with Crippen LogP contribution in [0.5, 0.6) is 0 Å². The second-order valence-electron chi connectivity index (χ2n) is 6.67. The van der Waals surface area contributed by atoms with Gasteiger partial charge in [0.2, 0.25) is 0 Å². The normalized spacial score (nSPS) is 11.4. The third kappa shape index (κ3) is 2.75. The summed E-state index contributed by atoms with van der Waals surface area (Å²) in [7, 11) is 0. The van der Waals surface area contributed by atoms with Gasteiger partial charge >= 0.3 is 0 Å². The van der Waals surface area contributed by atoms with Gasteiger partial charge in [0.15, 0.2) is 11.3 Å². The molecule has 3 heterocycles. The van der Waals surface area contributed by atoms with Crippen LogP contribution in [0.1, 0.15) is 17.0 Å². The van der Waals surface area contributed by atoms with Crippen molar-refractivity contribution in [3.05, 3.63) is 84.1 Å². The van der Waals surface area contributed by atoms with Gasteiger partial charge in [-0.1, -0.05) is 48.0 Å². The molecule has 0 aliphatic rings. The molecule has 0 aliphatic carbocycles. The van der Waals surface area contributed by atoms with Crippen molar-refractivity contribution < 1.29 is 0 Å². The lowest BCUT2D eigenvalue weighted by Gasteiger charge is -2.04. The zero-order valence-corrected chi connectivity index (χ0v) is 14.9. The van der Waals surface area contributed by atoms with Crippen LogP contribution < -0.4 is 0 Å². The quantitative estimate of drug-likeness (QED) is 0.495. The largest absolute Gasteiger partial charge is 0.269 e. The monoisotopic (exact) mass is 354 g/mol. The Morgan fingerprint density at radius 1 is 0.852 bits per heavy atom. The minimum Gasteiger partial charge on any atom is -0.269 e. The molecule has 3 aromatic heterocycles. The van der Waals surface area contributed by atoms with E-state index in [1.54, 1.807) is 6.33 Å². The number of hydrogen-bond acceptors (Lipinski definition) is 4. The Balaban J connectivity index is 1.53. The fraction of sp³-hybridized carbons (Fsp3) is 0.143. The molecular formula is C21H18N6. The van der Waals surface area contributed by atoms with Gasteiger partial charge in [-0.2, -0.15) is 5.10 Å². The van der Waals surface area contributed by atoms with Gasteiger partial charge in [-0.05, 0) is 31.0 Å². The van der Waals surface area contributed by atoms with Crippen molar-refractivity contribution in [3.8, 4) is 5.69 Å². The fourth-order valence-corrected chi connectivity index (χ4v) is 3.31. The van der Waals surface area contributed by atoms with Crippen LogP contribution in [0.3, 0.4) is 0 Å². The standard InChI is InChI=1S/C21H18N6/c1-15-7-10-17(11-8-15)27-20-18(13-23-27)21-25-24-19(26(21)14-22-20)12-9-16-5-3-2-4-6-16/h2-8,10-11,13-14H,9,12H2,1H3. The summed E-state index contributed by atoms with van der Waals surface area (Å²) in [5.74, 6) is 0.909. The maximum absolute atomic E-state index is 4.64. The minimum absolute atomic E-state index is 0.786. The van der Waals surface area contributed by atoms with E-state index < -0.39 is 0 Å². The molecule has 0 aliphatic heterocycles. The Morgan fingerprint density at radius 2 is 1.67 bits per heavy atom. The van der Waals surface area contributed by atoms with Gasteiger partial charge in [0.1, 0.15) is 12.2 Å². The third-order valence-electron chi connectivity index (χ3n) is 4.81. The molecule has 0 radical (unpaired) electrons. The minimum atomic E-state index is 0.786. The van der Waals surface area contributed by atoms with Gasteiger partial charge in [-0.25, -0.2) is 9.67 Å². The van der Waals surface area contributed by atoms with Crippen molar-refractivity contribution >= 4 is 16.7 Å². The van der Waals surface area contributed by atoms with Gasteiger partial charge in [-0.15, -0.1) is 10.2 Å². The van der Waals surface area contributed by atoms with Gasteiger partial charge in [-0.3, -0.25) is 4.40 Å². The number of fused-ring (bicyclic) bond motifs is 3. The molecular weight excluding hydrogens is 336 g/mol. The van der Waals surface area contributed by atoms with Crippen LogP contribution in [0.4, 0.5) is 0 Å². The molecule has 6 heteroatoms. The van der Waals surface area contributed by atoms with Crippen LogP contribution in [-0.4, -0.2) is 29.4 Å². The summed E-state index contributed by atoms with van der Waals surface area (Å²) in [4.78, 5) is 4.64. The molecule has 0 saturated heterocycles. The van der Waals surface area contributed by atoms with E-state index in [2.05, 4.69) is 63.6 Å². The lowest BCUT2D eigenvalue weighted by Crippen LogP contribution is -2.01. The molecule has 0 saturated carbocycles. The van der Waals surface area contributed by atoms with E-state index in [4.69, 9.17) is 0 Å². The first-order valence-corrected chi connectivity index (χ1v) is 8.97. The highest BCUT2D eigenvalue weighted by molar-refractivity contribution is 5.89. The molecule has 0 unspecified atom stereocenters. The molecule has 27 heavy (non-hydrogen) atoms. The number of benzene rings is 2. The highest BCUT2D eigenvalue weighted by Gasteiger charge is 2.14. The second-order valence-corrected chi connectivity index (χ2v) is 6.67. The SMILES string of the molecule is Cc1ccc(-n2ncc3c2ncn2c(CCc4ccccc4)nnc32)cc1. The Morgan fingerprint density at radius 3 is 2.48 bits per heavy atom. The summed E-state index contributed by atoms with van der Waals surface area (Å²) in [6.45, 7) is 2.07. The van der Waals surface area contributed by atoms with E-state index >= 15 is 0 Å². The van der Waals surface area contributed by atoms with Gasteiger partial charge < -0.3 is 0 Å². The highest BCUT2D eigenvalue weighted by atomic mass is 15.3. The Bertz CT molecular complexity index is 1220. The molecule has 0 amide bonds. The Hall–Kier alpha value is -3.54. The first-order valence-electron chi connectivity index (χ1n) is 8.97. The number of aromatic nitrogens is 6. The molecule has 5 aromatic rings. The predicted molar refractivity (Wildman–Crippen MR) is 104 cm³/mol. The van der Waals surface area contributed by atoms with Crippen LogP contribution in [0.2, 0.25) is 0 Å². The zero-order chi connectivity index (χ0) is 18.2. The molecule has 0 N–H and O–H groups in total. The lowest BCUT2D eigenvalue weighted by atomic mass is 10.1. The highest BCUT2D eigenvalue weighted by Crippen LogP contribution is 2.21.